The van der Waals surface area contributed by atoms with Gasteiger partial charge in [0.2, 0.25) is 5.89 Å². The standard InChI is InChI=1S/C20H21N3O2/c1-3-15-9-11-17(12-10-15)22-20(24)21-13-18-14(2)25-19(23-18)16-7-5-4-6-8-16/h4-12H,3,13H2,1-2H3,(H2,21,22,24). The third-order valence-electron chi connectivity index (χ3n) is 3.95. The number of hydrogen-bond acceptors (Lipinski definition) is 3. The Kier molecular flexibility index (Phi) is 5.14. The molecule has 0 saturated heterocycles. The smallest absolute Gasteiger partial charge is 0.319 e. The first-order chi connectivity index (χ1) is 12.2. The fraction of sp³-hybridized carbons (Fsp3) is 0.200. The summed E-state index contributed by atoms with van der Waals surface area (Å²) in [7, 11) is 0. The van der Waals surface area contributed by atoms with Crippen LogP contribution in [0.5, 0.6) is 0 Å². The Hall–Kier alpha value is -3.08. The number of nitrogens with zero attached hydrogens (tertiary/aromatic N) is 1. The molecule has 0 atom stereocenters. The van der Waals surface area contributed by atoms with Crippen LogP contribution >= 0.6 is 0 Å². The van der Waals surface area contributed by atoms with E-state index in [1.165, 1.54) is 5.56 Å². The first-order valence-corrected chi connectivity index (χ1v) is 8.31. The number of rotatable bonds is 5. The number of urea groups is 1. The van der Waals surface area contributed by atoms with Gasteiger partial charge in [0.15, 0.2) is 0 Å². The average molecular weight is 335 g/mol. The van der Waals surface area contributed by atoms with Crippen LogP contribution in [0.2, 0.25) is 0 Å². The first-order valence-electron chi connectivity index (χ1n) is 8.31. The maximum Gasteiger partial charge on any atom is 0.319 e. The number of nitrogens with one attached hydrogen (secondary N) is 2. The van der Waals surface area contributed by atoms with Gasteiger partial charge in [-0.3, -0.25) is 0 Å². The molecule has 0 aliphatic rings. The molecule has 0 radical (unpaired) electrons. The van der Waals surface area contributed by atoms with Crippen LogP contribution in [0.25, 0.3) is 11.5 Å². The van der Waals surface area contributed by atoms with Crippen molar-refractivity contribution in [2.75, 3.05) is 5.32 Å². The summed E-state index contributed by atoms with van der Waals surface area (Å²) in [5.74, 6) is 1.26. The summed E-state index contributed by atoms with van der Waals surface area (Å²) in [6, 6.07) is 17.2. The summed E-state index contributed by atoms with van der Waals surface area (Å²) < 4.78 is 5.69. The van der Waals surface area contributed by atoms with Crippen LogP contribution in [0.4, 0.5) is 10.5 Å². The molecule has 0 aliphatic heterocycles. The third kappa shape index (κ3) is 4.26. The summed E-state index contributed by atoms with van der Waals surface area (Å²) in [5, 5.41) is 5.62. The highest BCUT2D eigenvalue weighted by Crippen LogP contribution is 2.21. The SMILES string of the molecule is CCc1ccc(NC(=O)NCc2nc(-c3ccccc3)oc2C)cc1. The van der Waals surface area contributed by atoms with Crippen LogP contribution in [0.3, 0.4) is 0 Å². The molecule has 5 nitrogen and oxygen atoms in total. The number of amides is 2. The van der Waals surface area contributed by atoms with Crippen molar-refractivity contribution in [3.05, 3.63) is 71.6 Å². The van der Waals surface area contributed by atoms with E-state index < -0.39 is 0 Å². The minimum Gasteiger partial charge on any atom is -0.441 e. The van der Waals surface area contributed by atoms with Gasteiger partial charge in [0.05, 0.1) is 6.54 Å². The zero-order chi connectivity index (χ0) is 17.6. The normalized spacial score (nSPS) is 10.5. The van der Waals surface area contributed by atoms with Gasteiger partial charge >= 0.3 is 6.03 Å². The molecular formula is C20H21N3O2. The lowest BCUT2D eigenvalue weighted by Crippen LogP contribution is -2.28. The summed E-state index contributed by atoms with van der Waals surface area (Å²) >= 11 is 0. The van der Waals surface area contributed by atoms with Crippen LogP contribution in [-0.4, -0.2) is 11.0 Å². The van der Waals surface area contributed by atoms with E-state index in [0.717, 1.165) is 23.4 Å². The molecule has 0 unspecified atom stereocenters. The molecule has 0 aliphatic carbocycles. The highest BCUT2D eigenvalue weighted by molar-refractivity contribution is 5.89. The molecule has 0 saturated carbocycles. The minimum atomic E-state index is -0.270. The van der Waals surface area contributed by atoms with Gasteiger partial charge in [-0.05, 0) is 43.2 Å². The Bertz CT molecular complexity index is 839. The highest BCUT2D eigenvalue weighted by Gasteiger charge is 2.12. The molecule has 0 spiro atoms. The molecule has 2 N–H and O–H groups in total. The molecule has 2 aromatic carbocycles. The van der Waals surface area contributed by atoms with Crippen LogP contribution < -0.4 is 10.6 Å². The van der Waals surface area contributed by atoms with E-state index in [9.17, 15) is 4.79 Å². The van der Waals surface area contributed by atoms with Gasteiger partial charge < -0.3 is 15.1 Å². The molecule has 3 aromatic rings. The fourth-order valence-electron chi connectivity index (χ4n) is 2.46. The van der Waals surface area contributed by atoms with Crippen LogP contribution in [0.15, 0.2) is 59.0 Å². The molecule has 0 fully saturated rings. The van der Waals surface area contributed by atoms with E-state index in [1.807, 2.05) is 61.5 Å². The van der Waals surface area contributed by atoms with Gasteiger partial charge in [-0.15, -0.1) is 0 Å². The number of oxazole rings is 1. The largest absolute Gasteiger partial charge is 0.441 e. The second kappa shape index (κ2) is 7.66. The van der Waals surface area contributed by atoms with Gasteiger partial charge in [0.25, 0.3) is 0 Å². The predicted octanol–water partition coefficient (Wildman–Crippen LogP) is 4.53. The summed E-state index contributed by atoms with van der Waals surface area (Å²) in [6.45, 7) is 4.25. The maximum atomic E-state index is 12.0. The quantitative estimate of drug-likeness (QED) is 0.719. The second-order valence-corrected chi connectivity index (χ2v) is 5.75. The summed E-state index contributed by atoms with van der Waals surface area (Å²) in [6.07, 6.45) is 0.974. The minimum absolute atomic E-state index is 0.270. The molecule has 0 bridgehead atoms. The van der Waals surface area contributed by atoms with Crippen LogP contribution in [-0.2, 0) is 13.0 Å². The number of aromatic nitrogens is 1. The number of benzene rings is 2. The predicted molar refractivity (Wildman–Crippen MR) is 98.4 cm³/mol. The zero-order valence-corrected chi connectivity index (χ0v) is 14.4. The topological polar surface area (TPSA) is 67.2 Å². The van der Waals surface area contributed by atoms with E-state index in [-0.39, 0.29) is 6.03 Å². The average Bonchev–Trinajstić information content (AvgIpc) is 3.02. The number of hydrogen-bond donors (Lipinski definition) is 2. The monoisotopic (exact) mass is 335 g/mol. The van der Waals surface area contributed by atoms with Gasteiger partial charge in [-0.1, -0.05) is 37.3 Å². The zero-order valence-electron chi connectivity index (χ0n) is 14.4. The third-order valence-corrected chi connectivity index (χ3v) is 3.95. The molecule has 3 rings (SSSR count). The first kappa shape index (κ1) is 16.8. The molecule has 128 valence electrons. The molecule has 1 heterocycles. The van der Waals surface area contributed by atoms with Gasteiger partial charge in [-0.2, -0.15) is 0 Å². The number of anilines is 1. The number of carbonyl (C=O) groups excluding carboxylic acids is 1. The summed E-state index contributed by atoms with van der Waals surface area (Å²) in [4.78, 5) is 16.5. The van der Waals surface area contributed by atoms with E-state index in [2.05, 4.69) is 22.5 Å². The lowest BCUT2D eigenvalue weighted by molar-refractivity contribution is 0.251. The van der Waals surface area contributed by atoms with Crippen molar-refractivity contribution in [2.24, 2.45) is 0 Å². The Morgan fingerprint density at radius 3 is 2.48 bits per heavy atom. The van der Waals surface area contributed by atoms with Crippen molar-refractivity contribution < 1.29 is 9.21 Å². The molecule has 2 amide bonds. The molecular weight excluding hydrogens is 314 g/mol. The van der Waals surface area contributed by atoms with Crippen molar-refractivity contribution >= 4 is 11.7 Å². The van der Waals surface area contributed by atoms with E-state index >= 15 is 0 Å². The molecule has 5 heteroatoms. The van der Waals surface area contributed by atoms with Gasteiger partial charge in [0.1, 0.15) is 11.5 Å². The van der Waals surface area contributed by atoms with E-state index in [0.29, 0.717) is 18.2 Å². The van der Waals surface area contributed by atoms with E-state index in [4.69, 9.17) is 4.42 Å². The van der Waals surface area contributed by atoms with Gasteiger partial charge in [0, 0.05) is 11.3 Å². The van der Waals surface area contributed by atoms with Crippen LogP contribution in [0.1, 0.15) is 23.9 Å². The lowest BCUT2D eigenvalue weighted by atomic mass is 10.1. The Morgan fingerprint density at radius 2 is 1.80 bits per heavy atom. The number of aryl methyl sites for hydroxylation is 2. The molecule has 1 aromatic heterocycles. The van der Waals surface area contributed by atoms with E-state index in [1.54, 1.807) is 0 Å². The lowest BCUT2D eigenvalue weighted by Gasteiger charge is -2.07. The Labute approximate surface area is 147 Å². The van der Waals surface area contributed by atoms with Crippen molar-refractivity contribution in [3.63, 3.8) is 0 Å². The molecule has 25 heavy (non-hydrogen) atoms. The number of carbonyl (C=O) groups is 1. The highest BCUT2D eigenvalue weighted by atomic mass is 16.4. The fourth-order valence-corrected chi connectivity index (χ4v) is 2.46. The van der Waals surface area contributed by atoms with Crippen molar-refractivity contribution in [1.82, 2.24) is 10.3 Å². The van der Waals surface area contributed by atoms with Crippen molar-refractivity contribution in [3.8, 4) is 11.5 Å². The van der Waals surface area contributed by atoms with Crippen molar-refractivity contribution in [1.29, 1.82) is 0 Å². The second-order valence-electron chi connectivity index (χ2n) is 5.75. The van der Waals surface area contributed by atoms with Crippen LogP contribution in [0, 0.1) is 6.92 Å². The maximum absolute atomic E-state index is 12.0. The Morgan fingerprint density at radius 1 is 1.08 bits per heavy atom. The van der Waals surface area contributed by atoms with Crippen molar-refractivity contribution in [2.45, 2.75) is 26.8 Å². The van der Waals surface area contributed by atoms with Gasteiger partial charge in [-0.25, -0.2) is 9.78 Å². The summed E-state index contributed by atoms with van der Waals surface area (Å²) in [5.41, 5.74) is 3.63. The Balaban J connectivity index is 1.59.